The fraction of sp³-hybridized carbons (Fsp3) is 0.600. The molecule has 0 fully saturated rings. The third-order valence-electron chi connectivity index (χ3n) is 3.65. The summed E-state index contributed by atoms with van der Waals surface area (Å²) in [4.78, 5) is 12.7. The summed E-state index contributed by atoms with van der Waals surface area (Å²) in [7, 11) is 1.58. The van der Waals surface area contributed by atoms with Crippen molar-refractivity contribution < 1.29 is 9.53 Å². The van der Waals surface area contributed by atoms with Gasteiger partial charge in [0.25, 0.3) is 0 Å². The molecule has 0 radical (unpaired) electrons. The van der Waals surface area contributed by atoms with Crippen molar-refractivity contribution in [2.75, 3.05) is 7.11 Å². The number of allylic oxidation sites excluding steroid dienone is 2. The molecule has 4 nitrogen and oxygen atoms in total. The molecular weight excluding hydrogens is 240 g/mol. The summed E-state index contributed by atoms with van der Waals surface area (Å²) in [5, 5.41) is 4.26. The molecule has 1 aromatic heterocycles. The van der Waals surface area contributed by atoms with Crippen molar-refractivity contribution in [2.24, 2.45) is 5.92 Å². The number of hydrogen-bond acceptors (Lipinski definition) is 3. The number of nitrogens with zero attached hydrogens (tertiary/aromatic N) is 2. The first-order valence-corrected chi connectivity index (χ1v) is 6.89. The van der Waals surface area contributed by atoms with Crippen molar-refractivity contribution in [1.82, 2.24) is 9.78 Å². The highest BCUT2D eigenvalue weighted by atomic mass is 16.5. The highest BCUT2D eigenvalue weighted by Crippen LogP contribution is 2.29. The molecule has 1 atom stereocenters. The number of aromatic nitrogens is 2. The lowest BCUT2D eigenvalue weighted by molar-refractivity contribution is 0.101. The molecule has 104 valence electrons. The van der Waals surface area contributed by atoms with Crippen molar-refractivity contribution in [2.45, 2.75) is 46.1 Å². The molecule has 0 saturated carbocycles. The van der Waals surface area contributed by atoms with Gasteiger partial charge in [-0.1, -0.05) is 13.0 Å². The van der Waals surface area contributed by atoms with Crippen molar-refractivity contribution in [3.05, 3.63) is 23.5 Å². The number of rotatable bonds is 4. The lowest BCUT2D eigenvalue weighted by atomic mass is 9.88. The van der Waals surface area contributed by atoms with Gasteiger partial charge in [-0.2, -0.15) is 5.10 Å². The molecule has 0 N–H and O–H groups in total. The van der Waals surface area contributed by atoms with Crippen LogP contribution in [0, 0.1) is 5.92 Å². The molecule has 0 aliphatic heterocycles. The molecule has 1 unspecified atom stereocenters. The molecule has 2 rings (SSSR count). The molecule has 0 bridgehead atoms. The van der Waals surface area contributed by atoms with Crippen LogP contribution in [-0.4, -0.2) is 22.7 Å². The van der Waals surface area contributed by atoms with Crippen LogP contribution in [0.1, 0.15) is 56.6 Å². The van der Waals surface area contributed by atoms with Crippen LogP contribution in [0.2, 0.25) is 0 Å². The van der Waals surface area contributed by atoms with E-state index in [0.29, 0.717) is 17.4 Å². The molecule has 0 spiro atoms. The number of ketones is 1. The second kappa shape index (κ2) is 5.59. The van der Waals surface area contributed by atoms with Crippen LogP contribution >= 0.6 is 0 Å². The van der Waals surface area contributed by atoms with Gasteiger partial charge in [-0.3, -0.25) is 9.48 Å². The molecule has 0 saturated heterocycles. The smallest absolute Gasteiger partial charge is 0.210 e. The van der Waals surface area contributed by atoms with Gasteiger partial charge in [0, 0.05) is 6.04 Å². The topological polar surface area (TPSA) is 44.1 Å². The fourth-order valence-electron chi connectivity index (χ4n) is 2.43. The first-order valence-electron chi connectivity index (χ1n) is 6.89. The zero-order valence-electron chi connectivity index (χ0n) is 12.1. The molecule has 1 aliphatic carbocycles. The lowest BCUT2D eigenvalue weighted by Gasteiger charge is -2.18. The van der Waals surface area contributed by atoms with Gasteiger partial charge in [0.15, 0.2) is 11.4 Å². The number of carbonyl (C=O) groups excluding carboxylic acids is 1. The number of hydrogen-bond donors (Lipinski definition) is 0. The molecule has 1 aromatic rings. The first kappa shape index (κ1) is 13.8. The molecule has 19 heavy (non-hydrogen) atoms. The first-order chi connectivity index (χ1) is 9.04. The minimum atomic E-state index is 0.0648. The van der Waals surface area contributed by atoms with Crippen LogP contribution in [0.5, 0.6) is 5.75 Å². The Bertz CT molecular complexity index is 500. The second-order valence-electron chi connectivity index (χ2n) is 5.54. The number of methoxy groups -OCH3 is 1. The number of Topliss-reactive ketones (excluding diaryl/α,β-unsaturated/α-hetero) is 1. The van der Waals surface area contributed by atoms with Crippen LogP contribution in [0.15, 0.2) is 17.8 Å². The molecule has 4 heteroatoms. The Kier molecular flexibility index (Phi) is 4.08. The van der Waals surface area contributed by atoms with Gasteiger partial charge in [-0.05, 0) is 44.6 Å². The van der Waals surface area contributed by atoms with Gasteiger partial charge in [0.05, 0.1) is 13.3 Å². The summed E-state index contributed by atoms with van der Waals surface area (Å²) >= 11 is 0. The summed E-state index contributed by atoms with van der Waals surface area (Å²) in [6.45, 7) is 6.25. The van der Waals surface area contributed by atoms with E-state index >= 15 is 0 Å². The SMILES string of the molecule is COc1cnn(C(C)C)c1C(=O)C1=CCC(C)CC1. The number of carbonyl (C=O) groups is 1. The Labute approximate surface area is 114 Å². The third kappa shape index (κ3) is 2.72. The van der Waals surface area contributed by atoms with Crippen LogP contribution in [0.4, 0.5) is 0 Å². The van der Waals surface area contributed by atoms with Crippen LogP contribution < -0.4 is 4.74 Å². The van der Waals surface area contributed by atoms with E-state index in [-0.39, 0.29) is 11.8 Å². The molecular formula is C15H22N2O2. The average molecular weight is 262 g/mol. The maximum atomic E-state index is 12.7. The second-order valence-corrected chi connectivity index (χ2v) is 5.54. The van der Waals surface area contributed by atoms with Crippen molar-refractivity contribution in [3.8, 4) is 5.75 Å². The van der Waals surface area contributed by atoms with E-state index < -0.39 is 0 Å². The quantitative estimate of drug-likeness (QED) is 0.781. The Balaban J connectivity index is 2.35. The predicted molar refractivity (Wildman–Crippen MR) is 74.6 cm³/mol. The molecule has 0 aromatic carbocycles. The minimum Gasteiger partial charge on any atom is -0.493 e. The normalized spacial score (nSPS) is 19.4. The van der Waals surface area contributed by atoms with Crippen molar-refractivity contribution in [3.63, 3.8) is 0 Å². The van der Waals surface area contributed by atoms with Gasteiger partial charge in [-0.15, -0.1) is 0 Å². The number of ether oxygens (including phenoxy) is 1. The standard InChI is InChI=1S/C15H22N2O2/c1-10(2)17-14(13(19-4)9-16-17)15(18)12-7-5-11(3)6-8-12/h7,9-11H,5-6,8H2,1-4H3. The molecule has 1 heterocycles. The maximum Gasteiger partial charge on any atom is 0.210 e. The highest BCUT2D eigenvalue weighted by molar-refractivity contribution is 6.09. The van der Waals surface area contributed by atoms with E-state index in [1.54, 1.807) is 18.0 Å². The average Bonchev–Trinajstić information content (AvgIpc) is 2.82. The fourth-order valence-corrected chi connectivity index (χ4v) is 2.43. The summed E-state index contributed by atoms with van der Waals surface area (Å²) in [6, 6.07) is 0.144. The van der Waals surface area contributed by atoms with Gasteiger partial charge in [-0.25, -0.2) is 0 Å². The van der Waals surface area contributed by atoms with Crippen LogP contribution in [-0.2, 0) is 0 Å². The molecule has 0 amide bonds. The minimum absolute atomic E-state index is 0.0648. The third-order valence-corrected chi connectivity index (χ3v) is 3.65. The van der Waals surface area contributed by atoms with E-state index in [2.05, 4.69) is 18.1 Å². The Hall–Kier alpha value is -1.58. The molecule has 1 aliphatic rings. The summed E-state index contributed by atoms with van der Waals surface area (Å²) in [5.41, 5.74) is 1.48. The zero-order valence-corrected chi connectivity index (χ0v) is 12.1. The Morgan fingerprint density at radius 2 is 2.26 bits per heavy atom. The summed E-state index contributed by atoms with van der Waals surface area (Å²) < 4.78 is 7.03. The van der Waals surface area contributed by atoms with Crippen LogP contribution in [0.3, 0.4) is 0 Å². The van der Waals surface area contributed by atoms with Crippen molar-refractivity contribution >= 4 is 5.78 Å². The Morgan fingerprint density at radius 3 is 2.79 bits per heavy atom. The largest absolute Gasteiger partial charge is 0.493 e. The predicted octanol–water partition coefficient (Wildman–Crippen LogP) is 3.40. The lowest BCUT2D eigenvalue weighted by Crippen LogP contribution is -2.17. The summed E-state index contributed by atoms with van der Waals surface area (Å²) in [6.07, 6.45) is 6.62. The van der Waals surface area contributed by atoms with E-state index in [0.717, 1.165) is 24.8 Å². The van der Waals surface area contributed by atoms with E-state index in [1.165, 1.54) is 0 Å². The van der Waals surface area contributed by atoms with Crippen LogP contribution in [0.25, 0.3) is 0 Å². The van der Waals surface area contributed by atoms with Crippen molar-refractivity contribution in [1.29, 1.82) is 0 Å². The highest BCUT2D eigenvalue weighted by Gasteiger charge is 2.25. The monoisotopic (exact) mass is 262 g/mol. The van der Waals surface area contributed by atoms with E-state index in [4.69, 9.17) is 4.74 Å². The Morgan fingerprint density at radius 1 is 1.53 bits per heavy atom. The van der Waals surface area contributed by atoms with E-state index in [9.17, 15) is 4.79 Å². The van der Waals surface area contributed by atoms with Gasteiger partial charge in [0.1, 0.15) is 0 Å². The van der Waals surface area contributed by atoms with E-state index in [1.807, 2.05) is 13.8 Å². The van der Waals surface area contributed by atoms with Gasteiger partial charge >= 0.3 is 0 Å². The van der Waals surface area contributed by atoms with Gasteiger partial charge in [0.2, 0.25) is 5.78 Å². The maximum absolute atomic E-state index is 12.7. The summed E-state index contributed by atoms with van der Waals surface area (Å²) in [5.74, 6) is 1.31. The zero-order chi connectivity index (χ0) is 14.0. The van der Waals surface area contributed by atoms with Gasteiger partial charge < -0.3 is 4.74 Å².